The zero-order chi connectivity index (χ0) is 20.2. The molecule has 0 unspecified atom stereocenters. The second kappa shape index (κ2) is 11.8. The average Bonchev–Trinajstić information content (AvgIpc) is 2.73. The predicted molar refractivity (Wildman–Crippen MR) is 111 cm³/mol. The zero-order valence-corrected chi connectivity index (χ0v) is 16.4. The van der Waals surface area contributed by atoms with Crippen LogP contribution in [0, 0.1) is 0 Å². The second-order valence-electron chi connectivity index (χ2n) is 5.96. The minimum Gasteiger partial charge on any atom is -0.471 e. The Morgan fingerprint density at radius 2 is 1.86 bits per heavy atom. The molecule has 148 valence electrons. The van der Waals surface area contributed by atoms with Crippen LogP contribution in [0.2, 0.25) is 0 Å². The number of carbonyl (C=O) groups is 2. The minimum absolute atomic E-state index is 0.241. The Balaban J connectivity index is 1.99. The van der Waals surface area contributed by atoms with E-state index in [-0.39, 0.29) is 5.91 Å². The van der Waals surface area contributed by atoms with Crippen LogP contribution in [0.3, 0.4) is 0 Å². The molecule has 0 fully saturated rings. The van der Waals surface area contributed by atoms with Crippen LogP contribution in [0.1, 0.15) is 28.8 Å². The van der Waals surface area contributed by atoms with Gasteiger partial charge in [-0.15, -0.1) is 0 Å². The third-order valence-electron chi connectivity index (χ3n) is 3.84. The summed E-state index contributed by atoms with van der Waals surface area (Å²) in [5.74, 6) is 0.651. The first-order chi connectivity index (χ1) is 13.6. The van der Waals surface area contributed by atoms with Crippen molar-refractivity contribution in [1.82, 2.24) is 10.8 Å². The van der Waals surface area contributed by atoms with E-state index in [0.717, 1.165) is 17.7 Å². The topological polar surface area (TPSA) is 87.7 Å². The summed E-state index contributed by atoms with van der Waals surface area (Å²) in [4.78, 5) is 23.7. The van der Waals surface area contributed by atoms with Gasteiger partial charge in [0.2, 0.25) is 5.91 Å². The number of hydroxylamine groups is 1. The largest absolute Gasteiger partial charge is 0.471 e. The Morgan fingerprint density at radius 1 is 1.14 bits per heavy atom. The van der Waals surface area contributed by atoms with E-state index in [0.29, 0.717) is 17.7 Å². The molecule has 0 spiro atoms. The van der Waals surface area contributed by atoms with Gasteiger partial charge in [0.05, 0.1) is 0 Å². The van der Waals surface area contributed by atoms with E-state index in [2.05, 4.69) is 5.32 Å². The van der Waals surface area contributed by atoms with Crippen molar-refractivity contribution < 1.29 is 19.5 Å². The molecular formula is C21H24N2O4S. The maximum absolute atomic E-state index is 12.3. The van der Waals surface area contributed by atoms with Crippen molar-refractivity contribution >= 4 is 29.7 Å². The van der Waals surface area contributed by atoms with Crippen molar-refractivity contribution in [3.05, 3.63) is 71.8 Å². The van der Waals surface area contributed by atoms with Crippen molar-refractivity contribution in [2.24, 2.45) is 0 Å². The first-order valence-electron chi connectivity index (χ1n) is 8.86. The first-order valence-corrected chi connectivity index (χ1v) is 10.3. The van der Waals surface area contributed by atoms with E-state index in [1.807, 2.05) is 36.6 Å². The standard InChI is InChI=1S/C21H24N2O4S/c1-28-15-5-8-20(22-19(24)14-9-16-6-3-2-4-7-16)27-18-12-10-17(11-13-18)21(25)23-26/h2-4,6-7,9-14,20,26H,5,8,15H2,1H3,(H,22,24)(H,23,25)/b14-9+/t20-/m0/s1. The van der Waals surface area contributed by atoms with Crippen LogP contribution in [0.5, 0.6) is 5.75 Å². The van der Waals surface area contributed by atoms with E-state index in [1.54, 1.807) is 35.5 Å². The summed E-state index contributed by atoms with van der Waals surface area (Å²) < 4.78 is 5.88. The molecule has 0 bridgehead atoms. The molecule has 0 saturated heterocycles. The van der Waals surface area contributed by atoms with E-state index in [4.69, 9.17) is 9.94 Å². The highest BCUT2D eigenvalue weighted by Gasteiger charge is 2.13. The van der Waals surface area contributed by atoms with Crippen molar-refractivity contribution in [3.63, 3.8) is 0 Å². The van der Waals surface area contributed by atoms with Crippen molar-refractivity contribution in [1.29, 1.82) is 0 Å². The van der Waals surface area contributed by atoms with Gasteiger partial charge in [-0.25, -0.2) is 5.48 Å². The molecule has 7 heteroatoms. The molecule has 0 aliphatic carbocycles. The lowest BCUT2D eigenvalue weighted by Crippen LogP contribution is -2.38. The number of hydrogen-bond acceptors (Lipinski definition) is 5. The average molecular weight is 401 g/mol. The van der Waals surface area contributed by atoms with Crippen LogP contribution in [-0.4, -0.2) is 35.3 Å². The smallest absolute Gasteiger partial charge is 0.274 e. The van der Waals surface area contributed by atoms with E-state index < -0.39 is 12.1 Å². The lowest BCUT2D eigenvalue weighted by Gasteiger charge is -2.20. The van der Waals surface area contributed by atoms with Crippen LogP contribution < -0.4 is 15.5 Å². The monoisotopic (exact) mass is 400 g/mol. The maximum atomic E-state index is 12.3. The van der Waals surface area contributed by atoms with Crippen LogP contribution in [0.4, 0.5) is 0 Å². The fourth-order valence-electron chi connectivity index (χ4n) is 2.43. The van der Waals surface area contributed by atoms with Gasteiger partial charge >= 0.3 is 0 Å². The fourth-order valence-corrected chi connectivity index (χ4v) is 2.89. The minimum atomic E-state index is -0.595. The number of hydrogen-bond donors (Lipinski definition) is 3. The molecule has 0 aliphatic heterocycles. The van der Waals surface area contributed by atoms with E-state index in [1.165, 1.54) is 18.2 Å². The van der Waals surface area contributed by atoms with Crippen LogP contribution in [0.25, 0.3) is 6.08 Å². The summed E-state index contributed by atoms with van der Waals surface area (Å²) in [6.07, 6.45) is 6.31. The third-order valence-corrected chi connectivity index (χ3v) is 4.54. The quantitative estimate of drug-likeness (QED) is 0.187. The molecule has 2 aromatic carbocycles. The molecule has 0 aromatic heterocycles. The highest BCUT2D eigenvalue weighted by Crippen LogP contribution is 2.16. The molecule has 0 heterocycles. The maximum Gasteiger partial charge on any atom is 0.274 e. The number of benzene rings is 2. The molecule has 0 saturated carbocycles. The van der Waals surface area contributed by atoms with Gasteiger partial charge in [0.15, 0.2) is 6.23 Å². The van der Waals surface area contributed by atoms with Gasteiger partial charge in [-0.05, 0) is 54.3 Å². The van der Waals surface area contributed by atoms with Crippen LogP contribution in [0.15, 0.2) is 60.7 Å². The van der Waals surface area contributed by atoms with Gasteiger partial charge in [0.25, 0.3) is 5.91 Å². The molecule has 2 rings (SSSR count). The predicted octanol–water partition coefficient (Wildman–Crippen LogP) is 3.48. The summed E-state index contributed by atoms with van der Waals surface area (Å²) in [5, 5.41) is 11.5. The highest BCUT2D eigenvalue weighted by atomic mass is 32.2. The number of nitrogens with one attached hydrogen (secondary N) is 2. The highest BCUT2D eigenvalue weighted by molar-refractivity contribution is 7.98. The zero-order valence-electron chi connectivity index (χ0n) is 15.6. The first kappa shape index (κ1) is 21.5. The van der Waals surface area contributed by atoms with Gasteiger partial charge in [-0.1, -0.05) is 30.3 Å². The summed E-state index contributed by atoms with van der Waals surface area (Å²) in [7, 11) is 0. The molecule has 2 amide bonds. The van der Waals surface area contributed by atoms with E-state index in [9.17, 15) is 9.59 Å². The molecule has 6 nitrogen and oxygen atoms in total. The molecule has 1 atom stereocenters. The Hall–Kier alpha value is -2.77. The molecule has 0 aliphatic rings. The Bertz CT molecular complexity index is 779. The van der Waals surface area contributed by atoms with Gasteiger partial charge in [0.1, 0.15) is 5.75 Å². The summed E-state index contributed by atoms with van der Waals surface area (Å²) in [6.45, 7) is 0. The van der Waals surface area contributed by atoms with E-state index >= 15 is 0 Å². The lowest BCUT2D eigenvalue weighted by molar-refractivity contribution is -0.118. The van der Waals surface area contributed by atoms with Gasteiger partial charge < -0.3 is 10.1 Å². The Labute approximate surface area is 168 Å². The fraction of sp³-hybridized carbons (Fsp3) is 0.238. The normalized spacial score (nSPS) is 11.8. The van der Waals surface area contributed by atoms with Crippen molar-refractivity contribution in [2.45, 2.75) is 19.1 Å². The van der Waals surface area contributed by atoms with Gasteiger partial charge in [-0.3, -0.25) is 14.8 Å². The second-order valence-corrected chi connectivity index (χ2v) is 6.95. The molecule has 28 heavy (non-hydrogen) atoms. The van der Waals surface area contributed by atoms with Crippen molar-refractivity contribution in [3.8, 4) is 5.75 Å². The van der Waals surface area contributed by atoms with Gasteiger partial charge in [0, 0.05) is 18.1 Å². The molecular weight excluding hydrogens is 376 g/mol. The summed E-state index contributed by atoms with van der Waals surface area (Å²) in [6, 6.07) is 15.9. The molecule has 3 N–H and O–H groups in total. The lowest BCUT2D eigenvalue weighted by atomic mass is 10.2. The number of thioether (sulfide) groups is 1. The Morgan fingerprint density at radius 3 is 2.50 bits per heavy atom. The van der Waals surface area contributed by atoms with Gasteiger partial charge in [-0.2, -0.15) is 11.8 Å². The Kier molecular flexibility index (Phi) is 9.10. The third kappa shape index (κ3) is 7.46. The number of ether oxygens (including phenoxy) is 1. The SMILES string of the molecule is CSCCC[C@@H](NC(=O)/C=C/c1ccccc1)Oc1ccc(C(=O)NO)cc1. The number of amides is 2. The molecule has 0 radical (unpaired) electrons. The summed E-state index contributed by atoms with van der Waals surface area (Å²) >= 11 is 1.73. The summed E-state index contributed by atoms with van der Waals surface area (Å²) in [5.41, 5.74) is 2.83. The number of carbonyl (C=O) groups excluding carboxylic acids is 2. The van der Waals surface area contributed by atoms with Crippen LogP contribution in [-0.2, 0) is 4.79 Å². The van der Waals surface area contributed by atoms with Crippen molar-refractivity contribution in [2.75, 3.05) is 12.0 Å². The number of rotatable bonds is 10. The van der Waals surface area contributed by atoms with Crippen LogP contribution >= 0.6 is 11.8 Å². The molecule has 2 aromatic rings.